The summed E-state index contributed by atoms with van der Waals surface area (Å²) in [6.45, 7) is 6.99. The molecule has 1 aromatic carbocycles. The molecule has 4 aromatic rings. The fourth-order valence-electron chi connectivity index (χ4n) is 3.38. The van der Waals surface area contributed by atoms with Gasteiger partial charge in [-0.25, -0.2) is 14.3 Å². The summed E-state index contributed by atoms with van der Waals surface area (Å²) >= 11 is 1.19. The van der Waals surface area contributed by atoms with Crippen molar-refractivity contribution in [1.29, 1.82) is 0 Å². The lowest BCUT2D eigenvalue weighted by Crippen LogP contribution is -2.44. The highest BCUT2D eigenvalue weighted by Crippen LogP contribution is 2.31. The van der Waals surface area contributed by atoms with E-state index in [1.165, 1.54) is 11.3 Å². The van der Waals surface area contributed by atoms with E-state index in [0.717, 1.165) is 4.57 Å². The highest BCUT2D eigenvalue weighted by Gasteiger charge is 2.29. The molecule has 4 rings (SSSR count). The topological polar surface area (TPSA) is 136 Å². The summed E-state index contributed by atoms with van der Waals surface area (Å²) in [6.07, 6.45) is 0. The zero-order chi connectivity index (χ0) is 22.3. The molecule has 0 aliphatic carbocycles. The SMILES string of the molecule is Cc1nc(-c2sc(NC(=O)[C@H](C(C)C)n3c(=O)[nH]c4ccccc4c3=O)nc2C)no1. The number of carbonyl (C=O) groups excluding carboxylic acids is 1. The normalized spacial score (nSPS) is 12.4. The molecule has 0 bridgehead atoms. The maximum Gasteiger partial charge on any atom is 0.329 e. The number of hydrogen-bond acceptors (Lipinski definition) is 8. The van der Waals surface area contributed by atoms with Crippen molar-refractivity contribution in [3.05, 3.63) is 56.7 Å². The van der Waals surface area contributed by atoms with Gasteiger partial charge in [-0.05, 0) is 25.0 Å². The smallest absolute Gasteiger partial charge is 0.329 e. The van der Waals surface area contributed by atoms with Gasteiger partial charge in [-0.3, -0.25) is 9.59 Å². The van der Waals surface area contributed by atoms with E-state index >= 15 is 0 Å². The van der Waals surface area contributed by atoms with Crippen LogP contribution in [0.15, 0.2) is 38.4 Å². The number of aromatic nitrogens is 5. The van der Waals surface area contributed by atoms with E-state index in [1.807, 2.05) is 0 Å². The van der Waals surface area contributed by atoms with Crippen LogP contribution in [0.3, 0.4) is 0 Å². The number of nitrogens with zero attached hydrogens (tertiary/aromatic N) is 4. The third-order valence-electron chi connectivity index (χ3n) is 4.77. The van der Waals surface area contributed by atoms with Crippen molar-refractivity contribution >= 4 is 33.3 Å². The van der Waals surface area contributed by atoms with Crippen molar-refractivity contribution < 1.29 is 9.32 Å². The number of H-pyrrole nitrogens is 1. The van der Waals surface area contributed by atoms with Crippen molar-refractivity contribution in [3.8, 4) is 10.7 Å². The Hall–Kier alpha value is -3.60. The number of para-hydroxylation sites is 1. The highest BCUT2D eigenvalue weighted by atomic mass is 32.1. The van der Waals surface area contributed by atoms with Crippen LogP contribution in [0.5, 0.6) is 0 Å². The van der Waals surface area contributed by atoms with Gasteiger partial charge in [0.25, 0.3) is 5.56 Å². The van der Waals surface area contributed by atoms with Crippen molar-refractivity contribution in [2.75, 3.05) is 5.32 Å². The molecule has 0 unspecified atom stereocenters. The zero-order valence-electron chi connectivity index (χ0n) is 17.3. The lowest BCUT2D eigenvalue weighted by Gasteiger charge is -2.21. The minimum atomic E-state index is -1.03. The standard InChI is InChI=1S/C20H20N6O4S/c1-9(2)14(26-18(28)12-7-5-6-8-13(12)23-20(26)29)17(27)24-19-21-10(3)15(31-19)16-22-11(4)30-25-16/h5-9,14H,1-4H3,(H,23,29)(H,21,24,27)/t14-/m0/s1. The summed E-state index contributed by atoms with van der Waals surface area (Å²) in [4.78, 5) is 50.7. The van der Waals surface area contributed by atoms with Gasteiger partial charge < -0.3 is 14.8 Å². The molecule has 31 heavy (non-hydrogen) atoms. The van der Waals surface area contributed by atoms with Crippen LogP contribution in [0.25, 0.3) is 21.6 Å². The summed E-state index contributed by atoms with van der Waals surface area (Å²) in [6, 6.07) is 5.66. The Labute approximate surface area is 180 Å². The summed E-state index contributed by atoms with van der Waals surface area (Å²) in [5.41, 5.74) is -0.113. The second-order valence-corrected chi connectivity index (χ2v) is 8.40. The molecule has 0 radical (unpaired) electrons. The summed E-state index contributed by atoms with van der Waals surface area (Å²) in [7, 11) is 0. The van der Waals surface area contributed by atoms with Gasteiger partial charge >= 0.3 is 5.69 Å². The zero-order valence-corrected chi connectivity index (χ0v) is 18.1. The number of amides is 1. The van der Waals surface area contributed by atoms with E-state index in [9.17, 15) is 14.4 Å². The molecular weight excluding hydrogens is 420 g/mol. The number of hydrogen-bond donors (Lipinski definition) is 2. The molecule has 10 nitrogen and oxygen atoms in total. The molecule has 160 valence electrons. The van der Waals surface area contributed by atoms with Crippen molar-refractivity contribution in [3.63, 3.8) is 0 Å². The first-order valence-electron chi connectivity index (χ1n) is 9.58. The van der Waals surface area contributed by atoms with Gasteiger partial charge in [0.2, 0.25) is 17.6 Å². The number of nitrogens with one attached hydrogen (secondary N) is 2. The number of thiazole rings is 1. The number of carbonyl (C=O) groups is 1. The number of rotatable bonds is 5. The van der Waals surface area contributed by atoms with Crippen LogP contribution >= 0.6 is 11.3 Å². The van der Waals surface area contributed by atoms with Gasteiger partial charge in [-0.1, -0.05) is 42.5 Å². The van der Waals surface area contributed by atoms with E-state index in [4.69, 9.17) is 4.52 Å². The summed E-state index contributed by atoms with van der Waals surface area (Å²) in [5.74, 6) is -0.0402. The van der Waals surface area contributed by atoms with Crippen molar-refractivity contribution in [2.24, 2.45) is 5.92 Å². The fourth-order valence-corrected chi connectivity index (χ4v) is 4.27. The average molecular weight is 440 g/mol. The molecule has 1 amide bonds. The van der Waals surface area contributed by atoms with E-state index in [-0.39, 0.29) is 5.92 Å². The van der Waals surface area contributed by atoms with Gasteiger partial charge in [0.15, 0.2) is 5.13 Å². The van der Waals surface area contributed by atoms with Crippen LogP contribution in [0.2, 0.25) is 0 Å². The van der Waals surface area contributed by atoms with E-state index < -0.39 is 23.2 Å². The number of anilines is 1. The molecule has 0 aliphatic heterocycles. The Morgan fingerprint density at radius 2 is 1.94 bits per heavy atom. The van der Waals surface area contributed by atoms with Crippen LogP contribution in [0.1, 0.15) is 31.5 Å². The first-order valence-corrected chi connectivity index (χ1v) is 10.4. The summed E-state index contributed by atoms with van der Waals surface area (Å²) in [5, 5.41) is 7.26. The fraction of sp³-hybridized carbons (Fsp3) is 0.300. The Morgan fingerprint density at radius 1 is 1.19 bits per heavy atom. The largest absolute Gasteiger partial charge is 0.339 e. The molecule has 0 fully saturated rings. The predicted octanol–water partition coefficient (Wildman–Crippen LogP) is 2.65. The Bertz CT molecular complexity index is 1400. The molecule has 0 saturated carbocycles. The third-order valence-corrected chi connectivity index (χ3v) is 5.84. The van der Waals surface area contributed by atoms with E-state index in [0.29, 0.717) is 38.3 Å². The number of fused-ring (bicyclic) bond motifs is 1. The second-order valence-electron chi connectivity index (χ2n) is 7.40. The second kappa shape index (κ2) is 7.91. The number of aromatic amines is 1. The van der Waals surface area contributed by atoms with Gasteiger partial charge in [0, 0.05) is 6.92 Å². The molecular formula is C20H20N6O4S. The van der Waals surface area contributed by atoms with Crippen LogP contribution in [0.4, 0.5) is 5.13 Å². The molecule has 0 saturated heterocycles. The van der Waals surface area contributed by atoms with Crippen molar-refractivity contribution in [2.45, 2.75) is 33.7 Å². The lowest BCUT2D eigenvalue weighted by atomic mass is 10.0. The molecule has 3 aromatic heterocycles. The van der Waals surface area contributed by atoms with Gasteiger partial charge in [0.1, 0.15) is 10.9 Å². The average Bonchev–Trinajstić information content (AvgIpc) is 3.29. The van der Waals surface area contributed by atoms with Gasteiger partial charge in [-0.15, -0.1) is 0 Å². The number of benzene rings is 1. The Kier molecular flexibility index (Phi) is 5.27. The first-order chi connectivity index (χ1) is 14.8. The van der Waals surface area contributed by atoms with E-state index in [1.54, 1.807) is 52.0 Å². The maximum absolute atomic E-state index is 13.1. The molecule has 3 heterocycles. The third kappa shape index (κ3) is 3.79. The monoisotopic (exact) mass is 440 g/mol. The van der Waals surface area contributed by atoms with Crippen LogP contribution in [0, 0.1) is 19.8 Å². The van der Waals surface area contributed by atoms with Gasteiger partial charge in [0.05, 0.1) is 16.6 Å². The van der Waals surface area contributed by atoms with Gasteiger partial charge in [-0.2, -0.15) is 4.98 Å². The van der Waals surface area contributed by atoms with Crippen LogP contribution in [-0.4, -0.2) is 30.6 Å². The van der Waals surface area contributed by atoms with Crippen LogP contribution in [-0.2, 0) is 4.79 Å². The van der Waals surface area contributed by atoms with E-state index in [2.05, 4.69) is 25.4 Å². The molecule has 2 N–H and O–H groups in total. The molecule has 0 aliphatic rings. The Morgan fingerprint density at radius 3 is 2.61 bits per heavy atom. The van der Waals surface area contributed by atoms with Crippen LogP contribution < -0.4 is 16.6 Å². The Balaban J connectivity index is 1.71. The molecule has 1 atom stereocenters. The minimum Gasteiger partial charge on any atom is -0.339 e. The number of aryl methyl sites for hydroxylation is 2. The molecule has 11 heteroatoms. The maximum atomic E-state index is 13.1. The lowest BCUT2D eigenvalue weighted by molar-refractivity contribution is -0.120. The van der Waals surface area contributed by atoms with Crippen molar-refractivity contribution in [1.82, 2.24) is 24.7 Å². The molecule has 0 spiro atoms. The minimum absolute atomic E-state index is 0.316. The predicted molar refractivity (Wildman–Crippen MR) is 116 cm³/mol. The quantitative estimate of drug-likeness (QED) is 0.487. The highest BCUT2D eigenvalue weighted by molar-refractivity contribution is 7.19. The first kappa shape index (κ1) is 20.7. The summed E-state index contributed by atoms with van der Waals surface area (Å²) < 4.78 is 5.97.